The Morgan fingerprint density at radius 3 is 2.65 bits per heavy atom. The normalized spacial score (nSPS) is 16.4. The van der Waals surface area contributed by atoms with Crippen molar-refractivity contribution in [3.8, 4) is 11.5 Å². The molecule has 1 aliphatic rings. The van der Waals surface area contributed by atoms with Crippen LogP contribution in [-0.2, 0) is 17.8 Å². The highest BCUT2D eigenvalue weighted by Gasteiger charge is 2.27. The van der Waals surface area contributed by atoms with E-state index in [9.17, 15) is 9.18 Å². The van der Waals surface area contributed by atoms with Gasteiger partial charge in [-0.25, -0.2) is 4.39 Å². The van der Waals surface area contributed by atoms with Gasteiger partial charge in [-0.1, -0.05) is 49.0 Å². The van der Waals surface area contributed by atoms with Crippen LogP contribution in [0.1, 0.15) is 23.6 Å². The summed E-state index contributed by atoms with van der Waals surface area (Å²) in [5.74, 6) is 0.466. The summed E-state index contributed by atoms with van der Waals surface area (Å²) in [6, 6.07) is 18.2. The summed E-state index contributed by atoms with van der Waals surface area (Å²) in [6.45, 7) is 2.18. The summed E-state index contributed by atoms with van der Waals surface area (Å²) in [5.41, 5.74) is 3.16. The van der Waals surface area contributed by atoms with Crippen LogP contribution in [0.25, 0.3) is 6.08 Å². The molecule has 2 N–H and O–H groups in total. The van der Waals surface area contributed by atoms with Crippen LogP contribution >= 0.6 is 27.7 Å². The van der Waals surface area contributed by atoms with Gasteiger partial charge in [0.2, 0.25) is 0 Å². The zero-order valence-electron chi connectivity index (χ0n) is 18.7. The minimum Gasteiger partial charge on any atom is -0.493 e. The van der Waals surface area contributed by atoms with Crippen LogP contribution in [-0.4, -0.2) is 18.5 Å². The van der Waals surface area contributed by atoms with Crippen molar-refractivity contribution in [1.29, 1.82) is 0 Å². The number of hydrogen-bond acceptors (Lipinski definition) is 5. The van der Waals surface area contributed by atoms with Crippen LogP contribution in [0.15, 0.2) is 70.0 Å². The summed E-state index contributed by atoms with van der Waals surface area (Å²) in [5, 5.41) is 6.26. The molecule has 4 rings (SSSR count). The number of aryl methyl sites for hydroxylation is 1. The smallest absolute Gasteiger partial charge is 0.260 e. The number of rotatable bonds is 8. The number of carbonyl (C=O) groups excluding carboxylic acids is 1. The Kier molecular flexibility index (Phi) is 7.80. The first-order chi connectivity index (χ1) is 16.5. The fraction of sp³-hybridized carbons (Fsp3) is 0.192. The molecule has 0 unspecified atom stereocenters. The number of halogens is 2. The molecule has 3 aromatic rings. The van der Waals surface area contributed by atoms with Gasteiger partial charge in [0, 0.05) is 11.3 Å². The van der Waals surface area contributed by atoms with Gasteiger partial charge in [-0.05, 0) is 69.9 Å². The van der Waals surface area contributed by atoms with Crippen LogP contribution in [0.2, 0.25) is 0 Å². The van der Waals surface area contributed by atoms with Gasteiger partial charge in [-0.15, -0.1) is 0 Å². The second kappa shape index (κ2) is 11.0. The van der Waals surface area contributed by atoms with Crippen LogP contribution in [0, 0.1) is 5.82 Å². The lowest BCUT2D eigenvalue weighted by Gasteiger charge is -2.14. The second-order valence-corrected chi connectivity index (χ2v) is 9.59. The van der Waals surface area contributed by atoms with E-state index < -0.39 is 0 Å². The number of thioether (sulfide) groups is 1. The van der Waals surface area contributed by atoms with E-state index in [-0.39, 0.29) is 23.8 Å². The summed E-state index contributed by atoms with van der Waals surface area (Å²) in [6.07, 6.45) is 2.78. The van der Waals surface area contributed by atoms with E-state index in [1.165, 1.54) is 30.5 Å². The predicted molar refractivity (Wildman–Crippen MR) is 138 cm³/mol. The zero-order chi connectivity index (χ0) is 24.1. The number of nitrogens with one attached hydrogen (secondary N) is 2. The summed E-state index contributed by atoms with van der Waals surface area (Å²) in [4.78, 5) is 13.1. The maximum atomic E-state index is 13.9. The van der Waals surface area contributed by atoms with Gasteiger partial charge in [0.05, 0.1) is 16.5 Å². The number of anilines is 1. The number of amides is 1. The molecule has 1 fully saturated rings. The van der Waals surface area contributed by atoms with Crippen LogP contribution in [0.5, 0.6) is 11.5 Å². The quantitative estimate of drug-likeness (QED) is 0.325. The molecule has 0 saturated carbocycles. The average molecular weight is 543 g/mol. The standard InChI is InChI=1S/C26H24BrFN2O3S/c1-3-16-8-10-19(11-9-16)29-26-30-25(31)23(34-26)14-17-12-20(27)24(22(13-17)32-2)33-15-18-6-4-5-7-21(18)28/h4-14,26,29H,3,15H2,1-2H3,(H,30,31)/b23-14-/t26-/m0/s1. The Morgan fingerprint density at radius 1 is 1.18 bits per heavy atom. The van der Waals surface area contributed by atoms with Crippen molar-refractivity contribution in [2.24, 2.45) is 0 Å². The van der Waals surface area contributed by atoms with Gasteiger partial charge < -0.3 is 20.1 Å². The highest BCUT2D eigenvalue weighted by molar-refractivity contribution is 9.10. The minimum absolute atomic E-state index is 0.0624. The highest BCUT2D eigenvalue weighted by atomic mass is 79.9. The first-order valence-electron chi connectivity index (χ1n) is 10.7. The highest BCUT2D eigenvalue weighted by Crippen LogP contribution is 2.39. The molecule has 5 nitrogen and oxygen atoms in total. The third-order valence-electron chi connectivity index (χ3n) is 5.27. The molecule has 0 aliphatic carbocycles. The Balaban J connectivity index is 1.48. The van der Waals surface area contributed by atoms with E-state index in [0.717, 1.165) is 17.7 Å². The Hall–Kier alpha value is -2.97. The lowest BCUT2D eigenvalue weighted by atomic mass is 10.1. The van der Waals surface area contributed by atoms with E-state index >= 15 is 0 Å². The van der Waals surface area contributed by atoms with E-state index in [4.69, 9.17) is 9.47 Å². The summed E-state index contributed by atoms with van der Waals surface area (Å²) < 4.78 is 25.9. The van der Waals surface area contributed by atoms with Gasteiger partial charge >= 0.3 is 0 Å². The third-order valence-corrected chi connectivity index (χ3v) is 6.89. The molecular weight excluding hydrogens is 519 g/mol. The maximum Gasteiger partial charge on any atom is 0.260 e. The van der Waals surface area contributed by atoms with Crippen molar-refractivity contribution >= 4 is 45.4 Å². The van der Waals surface area contributed by atoms with Gasteiger partial charge in [0.1, 0.15) is 12.4 Å². The van der Waals surface area contributed by atoms with Crippen LogP contribution < -0.4 is 20.1 Å². The largest absolute Gasteiger partial charge is 0.493 e. The van der Waals surface area contributed by atoms with Crippen molar-refractivity contribution in [1.82, 2.24) is 5.32 Å². The number of hydrogen-bond donors (Lipinski definition) is 2. The van der Waals surface area contributed by atoms with Gasteiger partial charge in [0.25, 0.3) is 5.91 Å². The van der Waals surface area contributed by atoms with Crippen LogP contribution in [0.3, 0.4) is 0 Å². The molecule has 1 amide bonds. The lowest BCUT2D eigenvalue weighted by molar-refractivity contribution is -0.116. The summed E-state index contributed by atoms with van der Waals surface area (Å²) >= 11 is 4.93. The zero-order valence-corrected chi connectivity index (χ0v) is 21.1. The fourth-order valence-electron chi connectivity index (χ4n) is 3.43. The molecule has 3 aromatic carbocycles. The van der Waals surface area contributed by atoms with Crippen LogP contribution in [0.4, 0.5) is 10.1 Å². The molecule has 0 radical (unpaired) electrons. The summed E-state index contributed by atoms with van der Waals surface area (Å²) in [7, 11) is 1.54. The number of carbonyl (C=O) groups is 1. The first-order valence-corrected chi connectivity index (χ1v) is 12.4. The molecule has 0 spiro atoms. The first kappa shape index (κ1) is 24.2. The predicted octanol–water partition coefficient (Wildman–Crippen LogP) is 6.34. The molecule has 1 saturated heterocycles. The van der Waals surface area contributed by atoms with E-state index in [1.54, 1.807) is 30.3 Å². The monoisotopic (exact) mass is 542 g/mol. The van der Waals surface area contributed by atoms with Crippen molar-refractivity contribution in [2.75, 3.05) is 12.4 Å². The maximum absolute atomic E-state index is 13.9. The van der Waals surface area contributed by atoms with Crippen molar-refractivity contribution in [3.63, 3.8) is 0 Å². The van der Waals surface area contributed by atoms with Gasteiger partial charge in [-0.3, -0.25) is 4.79 Å². The molecule has 34 heavy (non-hydrogen) atoms. The number of benzene rings is 3. The van der Waals surface area contributed by atoms with Crippen molar-refractivity contribution in [2.45, 2.75) is 25.4 Å². The number of ether oxygens (including phenoxy) is 2. The minimum atomic E-state index is -0.326. The third kappa shape index (κ3) is 5.74. The molecule has 0 aromatic heterocycles. The molecule has 1 atom stereocenters. The Morgan fingerprint density at radius 2 is 1.94 bits per heavy atom. The Bertz CT molecular complexity index is 1220. The molecule has 0 bridgehead atoms. The molecular formula is C26H24BrFN2O3S. The van der Waals surface area contributed by atoms with Gasteiger partial charge in [0.15, 0.2) is 17.0 Å². The fourth-order valence-corrected chi connectivity index (χ4v) is 4.99. The molecule has 8 heteroatoms. The topological polar surface area (TPSA) is 59.6 Å². The molecule has 1 heterocycles. The lowest BCUT2D eigenvalue weighted by Crippen LogP contribution is -2.30. The molecule has 1 aliphatic heterocycles. The van der Waals surface area contributed by atoms with Crippen molar-refractivity contribution < 1.29 is 18.7 Å². The van der Waals surface area contributed by atoms with E-state index in [1.807, 2.05) is 18.2 Å². The van der Waals surface area contributed by atoms with Gasteiger partial charge in [-0.2, -0.15) is 0 Å². The number of methoxy groups -OCH3 is 1. The average Bonchev–Trinajstić information content (AvgIpc) is 3.17. The van der Waals surface area contributed by atoms with Crippen molar-refractivity contribution in [3.05, 3.63) is 92.5 Å². The Labute approximate surface area is 210 Å². The molecule has 176 valence electrons. The van der Waals surface area contributed by atoms with E-state index in [2.05, 4.69) is 45.6 Å². The van der Waals surface area contributed by atoms with E-state index in [0.29, 0.717) is 26.4 Å². The second-order valence-electron chi connectivity index (χ2n) is 7.59. The SMILES string of the molecule is CCc1ccc(N[C@H]2NC(=O)/C(=C/c3cc(Br)c(OCc4ccccc4F)c(OC)c3)S2)cc1.